The molecule has 3 rings (SSSR count). The summed E-state index contributed by atoms with van der Waals surface area (Å²) in [6, 6.07) is 11.8. The van der Waals surface area contributed by atoms with E-state index < -0.39 is 0 Å². The molecule has 1 aromatic carbocycles. The van der Waals surface area contributed by atoms with E-state index in [0.717, 1.165) is 28.4 Å². The van der Waals surface area contributed by atoms with Gasteiger partial charge < -0.3 is 13.9 Å². The summed E-state index contributed by atoms with van der Waals surface area (Å²) in [5.41, 5.74) is 2.79. The monoisotopic (exact) mass is 268 g/mol. The summed E-state index contributed by atoms with van der Waals surface area (Å²) in [5, 5.41) is 0. The van der Waals surface area contributed by atoms with E-state index in [1.807, 2.05) is 60.1 Å². The summed E-state index contributed by atoms with van der Waals surface area (Å²) in [6.45, 7) is 2.65. The number of nitrogens with zero attached hydrogens (tertiary/aromatic N) is 2. The fourth-order valence-electron chi connectivity index (χ4n) is 2.17. The maximum absolute atomic E-state index is 5.45. The van der Waals surface area contributed by atoms with E-state index in [1.54, 1.807) is 7.11 Å². The molecule has 0 bridgehead atoms. The Bertz CT molecular complexity index is 717. The molecule has 0 aliphatic heterocycles. The molecule has 3 aromatic rings. The molecule has 0 aliphatic rings. The summed E-state index contributed by atoms with van der Waals surface area (Å²) in [6.07, 6.45) is 3.95. The van der Waals surface area contributed by atoms with Crippen LogP contribution in [0.5, 0.6) is 11.5 Å². The molecule has 0 unspecified atom stereocenters. The zero-order valence-corrected chi connectivity index (χ0v) is 11.5. The predicted molar refractivity (Wildman–Crippen MR) is 78.3 cm³/mol. The van der Waals surface area contributed by atoms with Crippen LogP contribution in [0.4, 0.5) is 0 Å². The van der Waals surface area contributed by atoms with Gasteiger partial charge in [0.2, 0.25) is 0 Å². The van der Waals surface area contributed by atoms with E-state index in [-0.39, 0.29) is 0 Å². The van der Waals surface area contributed by atoms with Crippen LogP contribution in [0.15, 0.2) is 48.8 Å². The number of ether oxygens (including phenoxy) is 2. The van der Waals surface area contributed by atoms with Crippen LogP contribution in [-0.4, -0.2) is 23.1 Å². The minimum atomic E-state index is 0.672. The first-order chi connectivity index (χ1) is 9.81. The average Bonchev–Trinajstić information content (AvgIpc) is 2.92. The zero-order valence-electron chi connectivity index (χ0n) is 11.5. The summed E-state index contributed by atoms with van der Waals surface area (Å²) in [7, 11) is 1.65. The fraction of sp³-hybridized carbons (Fsp3) is 0.188. The first-order valence-electron chi connectivity index (χ1n) is 6.56. The first kappa shape index (κ1) is 12.5. The second kappa shape index (κ2) is 5.25. The Labute approximate surface area is 117 Å². The van der Waals surface area contributed by atoms with Crippen LogP contribution in [0.3, 0.4) is 0 Å². The fourth-order valence-corrected chi connectivity index (χ4v) is 2.17. The van der Waals surface area contributed by atoms with Crippen molar-refractivity contribution < 1.29 is 9.47 Å². The van der Waals surface area contributed by atoms with Gasteiger partial charge in [-0.1, -0.05) is 0 Å². The SMILES string of the molecule is CCOc1ccc(-c2cn3cccc(OC)c3n2)cc1. The normalized spacial score (nSPS) is 10.7. The van der Waals surface area contributed by atoms with Crippen LogP contribution in [0.2, 0.25) is 0 Å². The van der Waals surface area contributed by atoms with Gasteiger partial charge >= 0.3 is 0 Å². The third-order valence-corrected chi connectivity index (χ3v) is 3.13. The van der Waals surface area contributed by atoms with Gasteiger partial charge in [-0.25, -0.2) is 4.98 Å². The van der Waals surface area contributed by atoms with E-state index >= 15 is 0 Å². The third-order valence-electron chi connectivity index (χ3n) is 3.13. The summed E-state index contributed by atoms with van der Waals surface area (Å²) in [4.78, 5) is 4.63. The molecule has 0 spiro atoms. The molecule has 102 valence electrons. The molecule has 0 saturated heterocycles. The lowest BCUT2D eigenvalue weighted by Crippen LogP contribution is -1.90. The highest BCUT2D eigenvalue weighted by Crippen LogP contribution is 2.25. The molecule has 0 N–H and O–H groups in total. The lowest BCUT2D eigenvalue weighted by molar-refractivity contribution is 0.340. The van der Waals surface area contributed by atoms with Crippen LogP contribution in [0.1, 0.15) is 6.92 Å². The maximum atomic E-state index is 5.45. The number of aromatic nitrogens is 2. The van der Waals surface area contributed by atoms with Crippen molar-refractivity contribution in [2.75, 3.05) is 13.7 Å². The molecule has 2 heterocycles. The zero-order chi connectivity index (χ0) is 13.9. The van der Waals surface area contributed by atoms with Gasteiger partial charge in [-0.15, -0.1) is 0 Å². The molecule has 20 heavy (non-hydrogen) atoms. The number of fused-ring (bicyclic) bond motifs is 1. The standard InChI is InChI=1S/C16H16N2O2/c1-3-20-13-8-6-12(7-9-13)14-11-18-10-4-5-15(19-2)16(18)17-14/h4-11H,3H2,1-2H3. The molecule has 0 amide bonds. The van der Waals surface area contributed by atoms with Gasteiger partial charge in [0.05, 0.1) is 19.4 Å². The molecule has 0 radical (unpaired) electrons. The van der Waals surface area contributed by atoms with Crippen LogP contribution in [-0.2, 0) is 0 Å². The van der Waals surface area contributed by atoms with Crippen molar-refractivity contribution in [3.05, 3.63) is 48.8 Å². The lowest BCUT2D eigenvalue weighted by atomic mass is 10.2. The second-order valence-corrected chi connectivity index (χ2v) is 4.39. The number of hydrogen-bond acceptors (Lipinski definition) is 3. The van der Waals surface area contributed by atoms with Gasteiger partial charge in [-0.05, 0) is 43.3 Å². The highest BCUT2D eigenvalue weighted by molar-refractivity contribution is 5.66. The van der Waals surface area contributed by atoms with Crippen LogP contribution < -0.4 is 9.47 Å². The quantitative estimate of drug-likeness (QED) is 0.727. The molecule has 2 aromatic heterocycles. The number of imidazole rings is 1. The van der Waals surface area contributed by atoms with Crippen LogP contribution in [0, 0.1) is 0 Å². The minimum Gasteiger partial charge on any atom is -0.494 e. The number of hydrogen-bond donors (Lipinski definition) is 0. The molecule has 0 fully saturated rings. The maximum Gasteiger partial charge on any atom is 0.180 e. The van der Waals surface area contributed by atoms with Gasteiger partial charge in [0.15, 0.2) is 11.4 Å². The average molecular weight is 268 g/mol. The van der Waals surface area contributed by atoms with Gasteiger partial charge in [0.1, 0.15) is 5.75 Å². The predicted octanol–water partition coefficient (Wildman–Crippen LogP) is 3.41. The number of pyridine rings is 1. The van der Waals surface area contributed by atoms with Gasteiger partial charge in [0.25, 0.3) is 0 Å². The summed E-state index contributed by atoms with van der Waals surface area (Å²) >= 11 is 0. The van der Waals surface area contributed by atoms with Crippen LogP contribution >= 0.6 is 0 Å². The van der Waals surface area contributed by atoms with Gasteiger partial charge in [-0.2, -0.15) is 0 Å². The molecular weight excluding hydrogens is 252 g/mol. The summed E-state index contributed by atoms with van der Waals surface area (Å²) in [5.74, 6) is 1.64. The first-order valence-corrected chi connectivity index (χ1v) is 6.56. The Morgan fingerprint density at radius 1 is 1.15 bits per heavy atom. The van der Waals surface area contributed by atoms with E-state index in [9.17, 15) is 0 Å². The molecule has 0 saturated carbocycles. The van der Waals surface area contributed by atoms with E-state index in [0.29, 0.717) is 6.61 Å². The molecule has 0 atom stereocenters. The lowest BCUT2D eigenvalue weighted by Gasteiger charge is -2.02. The third kappa shape index (κ3) is 2.20. The largest absolute Gasteiger partial charge is 0.494 e. The highest BCUT2D eigenvalue weighted by Gasteiger charge is 2.08. The van der Waals surface area contributed by atoms with Crippen molar-refractivity contribution >= 4 is 5.65 Å². The number of benzene rings is 1. The Kier molecular flexibility index (Phi) is 3.29. The van der Waals surface area contributed by atoms with E-state index in [1.165, 1.54) is 0 Å². The molecule has 0 aliphatic carbocycles. The smallest absolute Gasteiger partial charge is 0.180 e. The summed E-state index contributed by atoms with van der Waals surface area (Å²) < 4.78 is 12.7. The van der Waals surface area contributed by atoms with Gasteiger partial charge in [0, 0.05) is 18.0 Å². The number of methoxy groups -OCH3 is 1. The van der Waals surface area contributed by atoms with Crippen molar-refractivity contribution in [2.24, 2.45) is 0 Å². The Morgan fingerprint density at radius 2 is 1.95 bits per heavy atom. The Hall–Kier alpha value is -2.49. The number of rotatable bonds is 4. The van der Waals surface area contributed by atoms with Gasteiger partial charge in [-0.3, -0.25) is 0 Å². The van der Waals surface area contributed by atoms with Crippen molar-refractivity contribution in [3.63, 3.8) is 0 Å². The van der Waals surface area contributed by atoms with Crippen molar-refractivity contribution in [1.29, 1.82) is 0 Å². The van der Waals surface area contributed by atoms with Crippen LogP contribution in [0.25, 0.3) is 16.9 Å². The minimum absolute atomic E-state index is 0.672. The highest BCUT2D eigenvalue weighted by atomic mass is 16.5. The molecular formula is C16H16N2O2. The Morgan fingerprint density at radius 3 is 2.65 bits per heavy atom. The molecule has 4 nitrogen and oxygen atoms in total. The topological polar surface area (TPSA) is 35.8 Å². The Balaban J connectivity index is 2.01. The van der Waals surface area contributed by atoms with Crippen molar-refractivity contribution in [1.82, 2.24) is 9.38 Å². The molecule has 4 heteroatoms. The van der Waals surface area contributed by atoms with E-state index in [4.69, 9.17) is 9.47 Å². The van der Waals surface area contributed by atoms with Crippen molar-refractivity contribution in [3.8, 4) is 22.8 Å². The van der Waals surface area contributed by atoms with Crippen molar-refractivity contribution in [2.45, 2.75) is 6.92 Å². The van der Waals surface area contributed by atoms with E-state index in [2.05, 4.69) is 4.98 Å². The second-order valence-electron chi connectivity index (χ2n) is 4.39.